The molecule has 6 nitrogen and oxygen atoms in total. The van der Waals surface area contributed by atoms with Crippen molar-refractivity contribution in [3.8, 4) is 0 Å². The standard InChI is InChI=1S/C12H14N4O2/c1-15-5-8-9-12(8,6-15)16(9)14-10-7(11(17)18)3-2-4-13-10/h2-4,8-9H,5-6H2,1H3,(H,13,14)(H,17,18)/t8-,9-,12-,16?/m0/s1. The van der Waals surface area contributed by atoms with Crippen molar-refractivity contribution in [2.24, 2.45) is 5.92 Å². The maximum Gasteiger partial charge on any atom is 0.339 e. The Labute approximate surface area is 104 Å². The molecule has 18 heavy (non-hydrogen) atoms. The average molecular weight is 246 g/mol. The molecule has 4 rings (SSSR count). The number of rotatable bonds is 3. The number of nitrogens with zero attached hydrogens (tertiary/aromatic N) is 3. The first-order valence-electron chi connectivity index (χ1n) is 6.07. The zero-order valence-electron chi connectivity index (χ0n) is 10.00. The topological polar surface area (TPSA) is 68.5 Å². The number of fused-ring (bicyclic) bond motifs is 1. The summed E-state index contributed by atoms with van der Waals surface area (Å²) in [6.07, 6.45) is 1.61. The number of aromatic carboxylic acids is 1. The lowest BCUT2D eigenvalue weighted by atomic mass is 10.2. The number of piperidine rings is 1. The second kappa shape index (κ2) is 3.02. The highest BCUT2D eigenvalue weighted by molar-refractivity contribution is 5.93. The predicted molar refractivity (Wildman–Crippen MR) is 64.2 cm³/mol. The molecule has 94 valence electrons. The van der Waals surface area contributed by atoms with E-state index in [4.69, 9.17) is 5.11 Å². The van der Waals surface area contributed by atoms with E-state index < -0.39 is 5.97 Å². The van der Waals surface area contributed by atoms with Crippen LogP contribution in [0.1, 0.15) is 10.4 Å². The Kier molecular flexibility index (Phi) is 1.72. The van der Waals surface area contributed by atoms with Crippen molar-refractivity contribution in [3.05, 3.63) is 23.9 Å². The summed E-state index contributed by atoms with van der Waals surface area (Å²) in [4.78, 5) is 17.5. The first-order valence-corrected chi connectivity index (χ1v) is 6.07. The van der Waals surface area contributed by atoms with Crippen molar-refractivity contribution < 1.29 is 9.90 Å². The van der Waals surface area contributed by atoms with Gasteiger partial charge in [0.05, 0.1) is 11.6 Å². The summed E-state index contributed by atoms with van der Waals surface area (Å²) in [5.74, 6) is 0.255. The van der Waals surface area contributed by atoms with E-state index in [-0.39, 0.29) is 11.1 Å². The average Bonchev–Trinajstić information content (AvgIpc) is 3.12. The number of likely N-dealkylation sites (N-methyl/N-ethyl adjacent to an activating group) is 1. The van der Waals surface area contributed by atoms with Crippen molar-refractivity contribution in [2.45, 2.75) is 11.6 Å². The molecule has 1 aromatic rings. The van der Waals surface area contributed by atoms with Gasteiger partial charge in [0, 0.05) is 25.2 Å². The van der Waals surface area contributed by atoms with Crippen LogP contribution in [0.3, 0.4) is 0 Å². The zero-order chi connectivity index (χ0) is 12.5. The van der Waals surface area contributed by atoms with Crippen LogP contribution in [0.5, 0.6) is 0 Å². The van der Waals surface area contributed by atoms with Gasteiger partial charge in [0.15, 0.2) is 5.82 Å². The van der Waals surface area contributed by atoms with Gasteiger partial charge in [-0.15, -0.1) is 0 Å². The Morgan fingerprint density at radius 2 is 2.50 bits per heavy atom. The molecule has 1 aromatic heterocycles. The van der Waals surface area contributed by atoms with E-state index in [1.54, 1.807) is 18.3 Å². The molecule has 3 heterocycles. The summed E-state index contributed by atoms with van der Waals surface area (Å²) in [6.45, 7) is 2.21. The highest BCUT2D eigenvalue weighted by Gasteiger charge is 2.88. The molecule has 3 aliphatic rings. The third-order valence-electron chi connectivity index (χ3n) is 4.38. The number of nitrogens with one attached hydrogen (secondary N) is 1. The van der Waals surface area contributed by atoms with Crippen molar-refractivity contribution in [2.75, 3.05) is 25.6 Å². The number of likely N-dealkylation sites (tertiary alicyclic amines) is 1. The van der Waals surface area contributed by atoms with Crippen LogP contribution in [0, 0.1) is 5.92 Å². The molecule has 0 bridgehead atoms. The third kappa shape index (κ3) is 1.09. The van der Waals surface area contributed by atoms with Gasteiger partial charge in [-0.1, -0.05) is 0 Å². The fourth-order valence-corrected chi connectivity index (χ4v) is 3.46. The van der Waals surface area contributed by atoms with Crippen LogP contribution < -0.4 is 5.43 Å². The minimum atomic E-state index is -0.946. The number of anilines is 1. The van der Waals surface area contributed by atoms with E-state index >= 15 is 0 Å². The second-order valence-corrected chi connectivity index (χ2v) is 5.43. The summed E-state index contributed by atoms with van der Waals surface area (Å²) in [5, 5.41) is 11.2. The van der Waals surface area contributed by atoms with Crippen LogP contribution in [-0.4, -0.2) is 57.7 Å². The van der Waals surface area contributed by atoms with Crippen LogP contribution in [0.2, 0.25) is 0 Å². The molecular weight excluding hydrogens is 232 g/mol. The van der Waals surface area contributed by atoms with Gasteiger partial charge in [-0.3, -0.25) is 0 Å². The molecule has 6 heteroatoms. The molecule has 1 saturated carbocycles. The molecule has 1 spiro atoms. The fraction of sp³-hybridized carbons (Fsp3) is 0.500. The molecule has 0 amide bonds. The van der Waals surface area contributed by atoms with Crippen molar-refractivity contribution in [3.63, 3.8) is 0 Å². The number of hydrogen-bond acceptors (Lipinski definition) is 5. The highest BCUT2D eigenvalue weighted by Crippen LogP contribution is 2.70. The molecule has 4 atom stereocenters. The summed E-state index contributed by atoms with van der Waals surface area (Å²) >= 11 is 0. The molecule has 1 unspecified atom stereocenters. The zero-order valence-corrected chi connectivity index (χ0v) is 10.00. The smallest absolute Gasteiger partial charge is 0.339 e. The van der Waals surface area contributed by atoms with E-state index in [0.29, 0.717) is 11.9 Å². The maximum atomic E-state index is 11.1. The van der Waals surface area contributed by atoms with Gasteiger partial charge in [-0.25, -0.2) is 14.8 Å². The van der Waals surface area contributed by atoms with Gasteiger partial charge >= 0.3 is 5.97 Å². The lowest BCUT2D eigenvalue weighted by molar-refractivity contribution is 0.0697. The Balaban J connectivity index is 1.53. The normalized spacial score (nSPS) is 39.9. The molecule has 1 aliphatic carbocycles. The Hall–Kier alpha value is -1.66. The third-order valence-corrected chi connectivity index (χ3v) is 4.38. The quantitative estimate of drug-likeness (QED) is 0.738. The number of carboxylic acid groups (broad SMARTS) is 1. The van der Waals surface area contributed by atoms with Crippen LogP contribution in [0.4, 0.5) is 5.82 Å². The molecule has 2 aliphatic heterocycles. The first kappa shape index (κ1) is 10.3. The minimum Gasteiger partial charge on any atom is -0.478 e. The second-order valence-electron chi connectivity index (χ2n) is 5.43. The Bertz CT molecular complexity index is 549. The van der Waals surface area contributed by atoms with Crippen molar-refractivity contribution in [1.82, 2.24) is 14.9 Å². The van der Waals surface area contributed by atoms with Gasteiger partial charge in [0.2, 0.25) is 0 Å². The maximum absolute atomic E-state index is 11.1. The van der Waals surface area contributed by atoms with Crippen LogP contribution in [0.15, 0.2) is 18.3 Å². The van der Waals surface area contributed by atoms with E-state index in [1.807, 2.05) is 0 Å². The first-order chi connectivity index (χ1) is 8.64. The molecule has 3 fully saturated rings. The molecule has 0 aromatic carbocycles. The number of hydrazine groups is 1. The van der Waals surface area contributed by atoms with E-state index in [0.717, 1.165) is 19.0 Å². The fourth-order valence-electron chi connectivity index (χ4n) is 3.46. The van der Waals surface area contributed by atoms with E-state index in [9.17, 15) is 4.79 Å². The van der Waals surface area contributed by atoms with Gasteiger partial charge in [0.1, 0.15) is 5.56 Å². The summed E-state index contributed by atoms with van der Waals surface area (Å²) < 4.78 is 0. The molecular formula is C12H14N4O2. The van der Waals surface area contributed by atoms with Gasteiger partial charge in [-0.05, 0) is 19.2 Å². The Morgan fingerprint density at radius 3 is 3.22 bits per heavy atom. The SMILES string of the molecule is CN1C[C@H]2[C@@H]3N(Nc4ncccc4C(=O)O)[C@]32C1. The Morgan fingerprint density at radius 1 is 1.67 bits per heavy atom. The van der Waals surface area contributed by atoms with Gasteiger partial charge in [-0.2, -0.15) is 0 Å². The van der Waals surface area contributed by atoms with Crippen LogP contribution in [-0.2, 0) is 0 Å². The molecule has 0 radical (unpaired) electrons. The van der Waals surface area contributed by atoms with E-state index in [2.05, 4.69) is 27.4 Å². The van der Waals surface area contributed by atoms with Crippen molar-refractivity contribution in [1.29, 1.82) is 0 Å². The van der Waals surface area contributed by atoms with Crippen molar-refractivity contribution >= 4 is 11.8 Å². The van der Waals surface area contributed by atoms with Crippen LogP contribution in [0.25, 0.3) is 0 Å². The number of carbonyl (C=O) groups is 1. The number of hydrogen-bond donors (Lipinski definition) is 2. The monoisotopic (exact) mass is 246 g/mol. The van der Waals surface area contributed by atoms with E-state index in [1.165, 1.54) is 0 Å². The largest absolute Gasteiger partial charge is 0.478 e. The lowest BCUT2D eigenvalue weighted by Gasteiger charge is -2.18. The lowest BCUT2D eigenvalue weighted by Crippen LogP contribution is -2.30. The predicted octanol–water partition coefficient (Wildman–Crippen LogP) is 0.105. The summed E-state index contributed by atoms with van der Waals surface area (Å²) in [5.41, 5.74) is 3.65. The molecule has 2 N–H and O–H groups in total. The summed E-state index contributed by atoms with van der Waals surface area (Å²) in [7, 11) is 2.12. The minimum absolute atomic E-state index is 0.225. The highest BCUT2D eigenvalue weighted by atomic mass is 16.4. The van der Waals surface area contributed by atoms with Gasteiger partial charge < -0.3 is 15.4 Å². The number of pyridine rings is 1. The summed E-state index contributed by atoms with van der Waals surface area (Å²) in [6, 6.07) is 3.79. The molecule has 2 saturated heterocycles. The van der Waals surface area contributed by atoms with Gasteiger partial charge in [0.25, 0.3) is 0 Å². The number of aromatic nitrogens is 1. The number of carboxylic acids is 1. The van der Waals surface area contributed by atoms with Crippen LogP contribution >= 0.6 is 0 Å².